The first-order chi connectivity index (χ1) is 20.3. The van der Waals surface area contributed by atoms with Gasteiger partial charge in [-0.3, -0.25) is 19.2 Å². The molecule has 0 aliphatic carbocycles. The van der Waals surface area contributed by atoms with Crippen molar-refractivity contribution in [2.75, 3.05) is 10.2 Å². The van der Waals surface area contributed by atoms with Gasteiger partial charge in [-0.25, -0.2) is 4.90 Å². The predicted molar refractivity (Wildman–Crippen MR) is 166 cm³/mol. The number of nitrogens with zero attached hydrogens (tertiary/aromatic N) is 1. The van der Waals surface area contributed by atoms with E-state index in [-0.39, 0.29) is 23.9 Å². The summed E-state index contributed by atoms with van der Waals surface area (Å²) < 4.78 is 0. The molecule has 0 saturated carbocycles. The van der Waals surface area contributed by atoms with E-state index in [1.54, 1.807) is 78.9 Å². The molecule has 1 fully saturated rings. The minimum Gasteiger partial charge on any atom is -0.321 e. The summed E-state index contributed by atoms with van der Waals surface area (Å²) in [4.78, 5) is 53.7. The van der Waals surface area contributed by atoms with Gasteiger partial charge < -0.3 is 10.6 Å². The fourth-order valence-corrected chi connectivity index (χ4v) is 5.59. The first-order valence-electron chi connectivity index (χ1n) is 13.1. The monoisotopic (exact) mass is 595 g/mol. The molecule has 1 atom stereocenters. The van der Waals surface area contributed by atoms with E-state index in [0.717, 1.165) is 16.0 Å². The summed E-state index contributed by atoms with van der Waals surface area (Å²) in [5.74, 6) is -1.45. The van der Waals surface area contributed by atoms with Crippen molar-refractivity contribution in [2.24, 2.45) is 0 Å². The molecule has 7 nitrogen and oxygen atoms in total. The summed E-state index contributed by atoms with van der Waals surface area (Å²) >= 11 is 7.23. The SMILES string of the molecule is Cc1cccc(/C=C(\NC(=O)c2ccccc2)C(=O)Nc2ccc(SC3CC(=O)N(c4ccc(Cl)cc4)C3=O)cc2)c1. The van der Waals surface area contributed by atoms with Crippen LogP contribution in [0.5, 0.6) is 0 Å². The van der Waals surface area contributed by atoms with E-state index in [4.69, 9.17) is 11.6 Å². The molecule has 1 aliphatic heterocycles. The average molecular weight is 596 g/mol. The quantitative estimate of drug-likeness (QED) is 0.179. The lowest BCUT2D eigenvalue weighted by Crippen LogP contribution is -2.31. The van der Waals surface area contributed by atoms with Crippen LogP contribution in [0.4, 0.5) is 11.4 Å². The Hall–Kier alpha value is -4.66. The van der Waals surface area contributed by atoms with Crippen LogP contribution in [0.25, 0.3) is 6.08 Å². The Morgan fingerprint density at radius 2 is 1.62 bits per heavy atom. The topological polar surface area (TPSA) is 95.6 Å². The van der Waals surface area contributed by atoms with Crippen molar-refractivity contribution in [3.63, 3.8) is 0 Å². The molecule has 1 heterocycles. The van der Waals surface area contributed by atoms with Crippen molar-refractivity contribution >= 4 is 64.4 Å². The number of carbonyl (C=O) groups is 4. The third-order valence-corrected chi connectivity index (χ3v) is 7.91. The molecule has 4 aromatic rings. The first-order valence-corrected chi connectivity index (χ1v) is 14.4. The molecule has 0 aromatic heterocycles. The molecule has 42 heavy (non-hydrogen) atoms. The van der Waals surface area contributed by atoms with Gasteiger partial charge in [0.2, 0.25) is 11.8 Å². The van der Waals surface area contributed by atoms with Crippen molar-refractivity contribution in [3.8, 4) is 0 Å². The highest BCUT2D eigenvalue weighted by Crippen LogP contribution is 2.34. The van der Waals surface area contributed by atoms with Crippen LogP contribution in [0.3, 0.4) is 0 Å². The van der Waals surface area contributed by atoms with Crippen LogP contribution in [0.1, 0.15) is 27.9 Å². The molecule has 5 rings (SSSR count). The van der Waals surface area contributed by atoms with E-state index in [9.17, 15) is 19.2 Å². The molecule has 0 spiro atoms. The molecular weight excluding hydrogens is 570 g/mol. The first kappa shape index (κ1) is 28.9. The minimum atomic E-state index is -0.564. The molecular formula is C33H26ClN3O4S. The Kier molecular flexibility index (Phi) is 8.85. The molecule has 1 unspecified atom stereocenters. The van der Waals surface area contributed by atoms with Crippen LogP contribution in [0.15, 0.2) is 114 Å². The number of carbonyl (C=O) groups excluding carboxylic acids is 4. The summed E-state index contributed by atoms with van der Waals surface area (Å²) in [5.41, 5.74) is 3.30. The number of aryl methyl sites for hydroxylation is 1. The zero-order valence-corrected chi connectivity index (χ0v) is 24.1. The van der Waals surface area contributed by atoms with Crippen LogP contribution in [0.2, 0.25) is 5.02 Å². The number of rotatable bonds is 8. The number of nitrogens with one attached hydrogen (secondary N) is 2. The van der Waals surface area contributed by atoms with Gasteiger partial charge >= 0.3 is 0 Å². The van der Waals surface area contributed by atoms with Crippen molar-refractivity contribution < 1.29 is 19.2 Å². The Bertz CT molecular complexity index is 1670. The number of hydrogen-bond donors (Lipinski definition) is 2. The molecule has 1 aliphatic rings. The zero-order valence-electron chi connectivity index (χ0n) is 22.5. The largest absolute Gasteiger partial charge is 0.321 e. The van der Waals surface area contributed by atoms with E-state index in [1.165, 1.54) is 16.7 Å². The lowest BCUT2D eigenvalue weighted by Gasteiger charge is -2.15. The zero-order chi connectivity index (χ0) is 29.6. The van der Waals surface area contributed by atoms with E-state index in [0.29, 0.717) is 22.0 Å². The number of benzene rings is 4. The minimum absolute atomic E-state index is 0.0822. The number of hydrogen-bond acceptors (Lipinski definition) is 5. The number of amides is 4. The van der Waals surface area contributed by atoms with Gasteiger partial charge in [-0.05, 0) is 79.2 Å². The lowest BCUT2D eigenvalue weighted by atomic mass is 10.1. The number of imide groups is 1. The number of halogens is 1. The highest BCUT2D eigenvalue weighted by Gasteiger charge is 2.40. The highest BCUT2D eigenvalue weighted by atomic mass is 35.5. The van der Waals surface area contributed by atoms with Crippen LogP contribution in [0, 0.1) is 6.92 Å². The molecule has 1 saturated heterocycles. The fourth-order valence-electron chi connectivity index (χ4n) is 4.41. The summed E-state index contributed by atoms with van der Waals surface area (Å²) in [6.07, 6.45) is 1.71. The molecule has 4 aromatic carbocycles. The predicted octanol–water partition coefficient (Wildman–Crippen LogP) is 6.48. The van der Waals surface area contributed by atoms with Crippen LogP contribution in [-0.2, 0) is 14.4 Å². The Labute approximate surface area is 252 Å². The van der Waals surface area contributed by atoms with Crippen molar-refractivity contribution in [3.05, 3.63) is 131 Å². The Morgan fingerprint density at radius 1 is 0.905 bits per heavy atom. The Balaban J connectivity index is 1.28. The summed E-state index contributed by atoms with van der Waals surface area (Å²) in [5, 5.41) is 5.52. The average Bonchev–Trinajstić information content (AvgIpc) is 3.26. The Morgan fingerprint density at radius 3 is 2.31 bits per heavy atom. The molecule has 210 valence electrons. The van der Waals surface area contributed by atoms with E-state index in [1.807, 2.05) is 37.3 Å². The van der Waals surface area contributed by atoms with Crippen molar-refractivity contribution in [1.29, 1.82) is 0 Å². The summed E-state index contributed by atoms with van der Waals surface area (Å²) in [6, 6.07) is 29.8. The maximum absolute atomic E-state index is 13.3. The normalized spacial score (nSPS) is 15.0. The van der Waals surface area contributed by atoms with Gasteiger partial charge in [-0.2, -0.15) is 0 Å². The second kappa shape index (κ2) is 12.9. The third kappa shape index (κ3) is 6.97. The lowest BCUT2D eigenvalue weighted by molar-refractivity contribution is -0.121. The molecule has 0 bridgehead atoms. The van der Waals surface area contributed by atoms with Crippen LogP contribution in [-0.4, -0.2) is 28.9 Å². The van der Waals surface area contributed by atoms with Gasteiger partial charge in [-0.1, -0.05) is 59.6 Å². The van der Waals surface area contributed by atoms with Gasteiger partial charge in [0, 0.05) is 27.6 Å². The third-order valence-electron chi connectivity index (χ3n) is 6.46. The number of anilines is 2. The standard InChI is InChI=1S/C33H26ClN3O4S/c1-21-6-5-7-22(18-21)19-28(36-31(39)23-8-3-2-4-9-23)32(40)35-25-12-16-27(17-13-25)42-29-20-30(38)37(33(29)41)26-14-10-24(34)11-15-26/h2-19,29H,20H2,1H3,(H,35,40)(H,36,39)/b28-19-. The molecule has 2 N–H and O–H groups in total. The van der Waals surface area contributed by atoms with E-state index >= 15 is 0 Å². The smallest absolute Gasteiger partial charge is 0.272 e. The second-order valence-electron chi connectivity index (χ2n) is 9.63. The summed E-state index contributed by atoms with van der Waals surface area (Å²) in [7, 11) is 0. The van der Waals surface area contributed by atoms with E-state index < -0.39 is 17.1 Å². The van der Waals surface area contributed by atoms with Gasteiger partial charge in [0.05, 0.1) is 10.9 Å². The molecule has 0 radical (unpaired) electrons. The van der Waals surface area contributed by atoms with Crippen molar-refractivity contribution in [2.45, 2.75) is 23.5 Å². The van der Waals surface area contributed by atoms with Crippen molar-refractivity contribution in [1.82, 2.24) is 5.32 Å². The van der Waals surface area contributed by atoms with Crippen LogP contribution < -0.4 is 15.5 Å². The maximum Gasteiger partial charge on any atom is 0.272 e. The fraction of sp³-hybridized carbons (Fsp3) is 0.0909. The van der Waals surface area contributed by atoms with Gasteiger partial charge in [0.15, 0.2) is 0 Å². The van der Waals surface area contributed by atoms with Gasteiger partial charge in [0.25, 0.3) is 11.8 Å². The highest BCUT2D eigenvalue weighted by molar-refractivity contribution is 8.00. The summed E-state index contributed by atoms with van der Waals surface area (Å²) in [6.45, 7) is 1.95. The molecule has 4 amide bonds. The maximum atomic E-state index is 13.3. The number of thioether (sulfide) groups is 1. The van der Waals surface area contributed by atoms with E-state index in [2.05, 4.69) is 10.6 Å². The van der Waals surface area contributed by atoms with Crippen LogP contribution >= 0.6 is 23.4 Å². The second-order valence-corrected chi connectivity index (χ2v) is 11.3. The van der Waals surface area contributed by atoms with Gasteiger partial charge in [0.1, 0.15) is 5.70 Å². The molecule has 9 heteroatoms. The van der Waals surface area contributed by atoms with Gasteiger partial charge in [-0.15, -0.1) is 11.8 Å².